The fraction of sp³-hybridized carbons (Fsp3) is 1.00. The van der Waals surface area contributed by atoms with Crippen molar-refractivity contribution in [3.63, 3.8) is 0 Å². The molecule has 0 bridgehead atoms. The molecule has 78 valence electrons. The van der Waals surface area contributed by atoms with Crippen molar-refractivity contribution in [2.45, 2.75) is 19.3 Å². The summed E-state index contributed by atoms with van der Waals surface area (Å²) in [6, 6.07) is 0. The topological polar surface area (TPSA) is 37.4 Å². The molecule has 7 heteroatoms. The predicted octanol–water partition coefficient (Wildman–Crippen LogP) is 1.45. The second kappa shape index (κ2) is 4.06. The Morgan fingerprint density at radius 1 is 1.31 bits per heavy atom. The van der Waals surface area contributed by atoms with Crippen LogP contribution >= 0.6 is 10.7 Å². The minimum atomic E-state index is -3.71. The average Bonchev–Trinajstić information content (AvgIpc) is 2.03. The van der Waals surface area contributed by atoms with E-state index in [2.05, 4.69) is 0 Å². The van der Waals surface area contributed by atoms with Gasteiger partial charge in [-0.1, -0.05) is 0 Å². The van der Waals surface area contributed by atoms with Gasteiger partial charge in [0.15, 0.2) is 0 Å². The zero-order valence-electron chi connectivity index (χ0n) is 6.79. The number of alkyl halides is 2. The van der Waals surface area contributed by atoms with Gasteiger partial charge in [0.25, 0.3) is 9.24 Å². The van der Waals surface area contributed by atoms with Crippen LogP contribution < -0.4 is 0 Å². The van der Waals surface area contributed by atoms with E-state index in [0.717, 1.165) is 4.31 Å². The van der Waals surface area contributed by atoms with E-state index in [-0.39, 0.29) is 25.9 Å². The van der Waals surface area contributed by atoms with Gasteiger partial charge in [-0.25, -0.2) is 8.78 Å². The van der Waals surface area contributed by atoms with E-state index in [9.17, 15) is 17.2 Å². The van der Waals surface area contributed by atoms with E-state index >= 15 is 0 Å². The smallest absolute Gasteiger partial charge is 0.210 e. The molecule has 1 heterocycles. The van der Waals surface area contributed by atoms with Gasteiger partial charge in [0.2, 0.25) is 6.43 Å². The molecule has 0 aliphatic carbocycles. The molecule has 0 radical (unpaired) electrons. The molecular weight excluding hydrogens is 224 g/mol. The minimum absolute atomic E-state index is 0.0981. The van der Waals surface area contributed by atoms with Gasteiger partial charge < -0.3 is 0 Å². The Morgan fingerprint density at radius 2 is 1.77 bits per heavy atom. The largest absolute Gasteiger partial charge is 0.299 e. The standard InChI is InChI=1S/C6H10ClF2NO2S/c7-13(11,12)10-3-1-5(2-4-10)6(8)9/h5-6H,1-4H2. The normalized spacial score (nSPS) is 22.5. The second-order valence-corrected chi connectivity index (χ2v) is 5.52. The van der Waals surface area contributed by atoms with Crippen LogP contribution in [-0.4, -0.2) is 32.2 Å². The molecule has 0 aromatic heterocycles. The molecule has 0 amide bonds. The molecule has 1 fully saturated rings. The van der Waals surface area contributed by atoms with Crippen LogP contribution in [0.1, 0.15) is 12.8 Å². The Labute approximate surface area is 80.2 Å². The lowest BCUT2D eigenvalue weighted by Crippen LogP contribution is -2.37. The molecule has 1 aliphatic heterocycles. The molecule has 1 rings (SSSR count). The van der Waals surface area contributed by atoms with Crippen LogP contribution in [0.15, 0.2) is 0 Å². The van der Waals surface area contributed by atoms with Crippen LogP contribution in [0.4, 0.5) is 8.78 Å². The fourth-order valence-electron chi connectivity index (χ4n) is 1.35. The van der Waals surface area contributed by atoms with Gasteiger partial charge in [0.05, 0.1) is 0 Å². The monoisotopic (exact) mass is 233 g/mol. The van der Waals surface area contributed by atoms with Crippen LogP contribution in [0.3, 0.4) is 0 Å². The third kappa shape index (κ3) is 3.03. The molecule has 1 saturated heterocycles. The van der Waals surface area contributed by atoms with Gasteiger partial charge in [-0.2, -0.15) is 12.7 Å². The minimum Gasteiger partial charge on any atom is -0.210 e. The number of nitrogens with zero attached hydrogens (tertiary/aromatic N) is 1. The maximum atomic E-state index is 12.1. The van der Waals surface area contributed by atoms with E-state index in [4.69, 9.17) is 10.7 Å². The SMILES string of the molecule is O=S(=O)(Cl)N1CCC(C(F)F)CC1. The van der Waals surface area contributed by atoms with E-state index in [1.807, 2.05) is 0 Å². The molecule has 13 heavy (non-hydrogen) atoms. The summed E-state index contributed by atoms with van der Waals surface area (Å²) in [5.74, 6) is -0.685. The summed E-state index contributed by atoms with van der Waals surface area (Å²) in [6.45, 7) is 0.196. The van der Waals surface area contributed by atoms with E-state index in [1.165, 1.54) is 0 Å². The fourth-order valence-corrected chi connectivity index (χ4v) is 2.41. The Kier molecular flexibility index (Phi) is 3.48. The highest BCUT2D eigenvalue weighted by atomic mass is 35.7. The van der Waals surface area contributed by atoms with Crippen molar-refractivity contribution in [3.8, 4) is 0 Å². The third-order valence-electron chi connectivity index (χ3n) is 2.16. The first-order valence-corrected chi connectivity index (χ1v) is 6.16. The molecule has 0 atom stereocenters. The summed E-state index contributed by atoms with van der Waals surface area (Å²) in [6.07, 6.45) is -1.99. The third-order valence-corrected chi connectivity index (χ3v) is 3.73. The maximum absolute atomic E-state index is 12.1. The zero-order valence-corrected chi connectivity index (χ0v) is 8.36. The maximum Gasteiger partial charge on any atom is 0.299 e. The molecule has 0 saturated carbocycles. The summed E-state index contributed by atoms with van der Waals surface area (Å²) in [7, 11) is 1.34. The quantitative estimate of drug-likeness (QED) is 0.677. The Hall–Kier alpha value is 0.0600. The van der Waals surface area contributed by atoms with Gasteiger partial charge >= 0.3 is 0 Å². The predicted molar refractivity (Wildman–Crippen MR) is 45.1 cm³/mol. The zero-order chi connectivity index (χ0) is 10.1. The molecule has 3 nitrogen and oxygen atoms in total. The molecule has 0 aromatic rings. The summed E-state index contributed by atoms with van der Waals surface area (Å²) in [4.78, 5) is 0. The lowest BCUT2D eigenvalue weighted by molar-refractivity contribution is 0.0494. The highest BCUT2D eigenvalue weighted by Gasteiger charge is 2.30. The van der Waals surface area contributed by atoms with Crippen LogP contribution in [0.5, 0.6) is 0 Å². The van der Waals surface area contributed by atoms with Crippen molar-refractivity contribution in [2.24, 2.45) is 5.92 Å². The van der Waals surface area contributed by atoms with Gasteiger partial charge in [0, 0.05) is 29.7 Å². The van der Waals surface area contributed by atoms with Gasteiger partial charge in [-0.3, -0.25) is 0 Å². The number of hydrogen-bond donors (Lipinski definition) is 0. The molecule has 0 spiro atoms. The van der Waals surface area contributed by atoms with Crippen LogP contribution in [-0.2, 0) is 9.24 Å². The van der Waals surface area contributed by atoms with Crippen LogP contribution in [0.2, 0.25) is 0 Å². The molecule has 0 aromatic carbocycles. The molecule has 0 N–H and O–H groups in total. The van der Waals surface area contributed by atoms with Crippen LogP contribution in [0.25, 0.3) is 0 Å². The lowest BCUT2D eigenvalue weighted by Gasteiger charge is -2.28. The van der Waals surface area contributed by atoms with Crippen molar-refractivity contribution >= 4 is 19.9 Å². The average molecular weight is 234 g/mol. The van der Waals surface area contributed by atoms with Crippen LogP contribution in [0, 0.1) is 5.92 Å². The molecular formula is C6H10ClF2NO2S. The van der Waals surface area contributed by atoms with Crippen molar-refractivity contribution < 1.29 is 17.2 Å². The first-order valence-electron chi connectivity index (χ1n) is 3.89. The summed E-state index contributed by atoms with van der Waals surface area (Å²) < 4.78 is 46.8. The summed E-state index contributed by atoms with van der Waals surface area (Å²) in [5, 5.41) is 0. The van der Waals surface area contributed by atoms with Crippen molar-refractivity contribution in [1.82, 2.24) is 4.31 Å². The number of halogens is 3. The van der Waals surface area contributed by atoms with E-state index < -0.39 is 21.6 Å². The number of hydrogen-bond acceptors (Lipinski definition) is 2. The van der Waals surface area contributed by atoms with Crippen molar-refractivity contribution in [3.05, 3.63) is 0 Å². The summed E-state index contributed by atoms with van der Waals surface area (Å²) in [5.41, 5.74) is 0. The summed E-state index contributed by atoms with van der Waals surface area (Å²) >= 11 is 0. The highest BCUT2D eigenvalue weighted by molar-refractivity contribution is 8.11. The number of rotatable bonds is 2. The Balaban J connectivity index is 2.49. The molecule has 0 unspecified atom stereocenters. The highest BCUT2D eigenvalue weighted by Crippen LogP contribution is 2.25. The number of piperidine rings is 1. The van der Waals surface area contributed by atoms with Gasteiger partial charge in [-0.05, 0) is 12.8 Å². The van der Waals surface area contributed by atoms with Gasteiger partial charge in [-0.15, -0.1) is 0 Å². The van der Waals surface area contributed by atoms with Crippen molar-refractivity contribution in [1.29, 1.82) is 0 Å². The van der Waals surface area contributed by atoms with E-state index in [0.29, 0.717) is 0 Å². The second-order valence-electron chi connectivity index (χ2n) is 3.01. The van der Waals surface area contributed by atoms with Gasteiger partial charge in [0.1, 0.15) is 0 Å². The van der Waals surface area contributed by atoms with Crippen molar-refractivity contribution in [2.75, 3.05) is 13.1 Å². The lowest BCUT2D eigenvalue weighted by atomic mass is 9.99. The Morgan fingerprint density at radius 3 is 2.08 bits per heavy atom. The first kappa shape index (κ1) is 11.1. The molecule has 1 aliphatic rings. The van der Waals surface area contributed by atoms with E-state index in [1.54, 1.807) is 0 Å². The first-order chi connectivity index (χ1) is 5.91. The Bertz CT molecular complexity index is 262.